The van der Waals surface area contributed by atoms with Gasteiger partial charge in [0.2, 0.25) is 0 Å². The molecule has 0 aliphatic carbocycles. The lowest BCUT2D eigenvalue weighted by Crippen LogP contribution is -2.08. The summed E-state index contributed by atoms with van der Waals surface area (Å²) in [4.78, 5) is 17.3. The van der Waals surface area contributed by atoms with Crippen LogP contribution in [0.5, 0.6) is 0 Å². The van der Waals surface area contributed by atoms with Crippen LogP contribution in [0, 0.1) is 6.92 Å². The monoisotopic (exact) mass is 357 g/mol. The van der Waals surface area contributed by atoms with Crippen LogP contribution in [0.3, 0.4) is 0 Å². The fraction of sp³-hybridized carbons (Fsp3) is 0.100. The van der Waals surface area contributed by atoms with Crippen molar-refractivity contribution in [1.82, 2.24) is 19.9 Å². The van der Waals surface area contributed by atoms with Crippen LogP contribution in [0.1, 0.15) is 11.1 Å². The van der Waals surface area contributed by atoms with Crippen molar-refractivity contribution in [2.75, 3.05) is 16.4 Å². The standard InChI is InChI=1S/C20H19N7/c1-13-6-8-23-17(9-13)26-18-12-24-19(21)20(27-18)25-11-14-4-5-16-15(10-14)3-2-7-22-16/h2-10,12H,11H2,1H3,(H2,21,24)(H2,23,25,26,27). The zero-order valence-corrected chi connectivity index (χ0v) is 14.8. The highest BCUT2D eigenvalue weighted by atomic mass is 15.1. The second-order valence-corrected chi connectivity index (χ2v) is 6.22. The molecule has 134 valence electrons. The zero-order chi connectivity index (χ0) is 18.6. The average Bonchev–Trinajstić information content (AvgIpc) is 2.68. The second-order valence-electron chi connectivity index (χ2n) is 6.22. The third-order valence-corrected chi connectivity index (χ3v) is 4.10. The maximum absolute atomic E-state index is 5.97. The molecular formula is C20H19N7. The minimum absolute atomic E-state index is 0.347. The SMILES string of the molecule is Cc1ccnc(Nc2cnc(N)c(NCc3ccc4ncccc4c3)n2)c1. The fourth-order valence-electron chi connectivity index (χ4n) is 2.75. The van der Waals surface area contributed by atoms with Crippen LogP contribution in [0.25, 0.3) is 10.9 Å². The highest BCUT2D eigenvalue weighted by Crippen LogP contribution is 2.20. The summed E-state index contributed by atoms with van der Waals surface area (Å²) >= 11 is 0. The molecule has 4 N–H and O–H groups in total. The fourth-order valence-corrected chi connectivity index (χ4v) is 2.75. The second kappa shape index (κ2) is 7.25. The van der Waals surface area contributed by atoms with E-state index in [1.807, 2.05) is 43.3 Å². The van der Waals surface area contributed by atoms with Gasteiger partial charge in [-0.05, 0) is 48.4 Å². The molecule has 0 atom stereocenters. The molecule has 0 fully saturated rings. The van der Waals surface area contributed by atoms with Crippen molar-refractivity contribution in [3.63, 3.8) is 0 Å². The highest BCUT2D eigenvalue weighted by molar-refractivity contribution is 5.79. The van der Waals surface area contributed by atoms with Gasteiger partial charge < -0.3 is 16.4 Å². The lowest BCUT2D eigenvalue weighted by Gasteiger charge is -2.11. The molecule has 0 unspecified atom stereocenters. The number of hydrogen-bond acceptors (Lipinski definition) is 7. The van der Waals surface area contributed by atoms with Crippen molar-refractivity contribution < 1.29 is 0 Å². The van der Waals surface area contributed by atoms with E-state index in [1.54, 1.807) is 18.6 Å². The molecular weight excluding hydrogens is 338 g/mol. The van der Waals surface area contributed by atoms with E-state index < -0.39 is 0 Å². The maximum Gasteiger partial charge on any atom is 0.171 e. The average molecular weight is 357 g/mol. The first-order chi connectivity index (χ1) is 13.2. The number of nitrogens with two attached hydrogens (primary N) is 1. The number of fused-ring (bicyclic) bond motifs is 1. The van der Waals surface area contributed by atoms with E-state index >= 15 is 0 Å². The van der Waals surface area contributed by atoms with Crippen LogP contribution in [0.2, 0.25) is 0 Å². The first-order valence-corrected chi connectivity index (χ1v) is 8.57. The minimum atomic E-state index is 0.347. The van der Waals surface area contributed by atoms with Crippen LogP contribution in [-0.2, 0) is 6.54 Å². The molecule has 0 bridgehead atoms. The van der Waals surface area contributed by atoms with Crippen LogP contribution in [0.15, 0.2) is 61.1 Å². The molecule has 0 saturated heterocycles. The summed E-state index contributed by atoms with van der Waals surface area (Å²) in [6, 6.07) is 14.0. The molecule has 3 aromatic heterocycles. The van der Waals surface area contributed by atoms with E-state index in [2.05, 4.69) is 36.6 Å². The quantitative estimate of drug-likeness (QED) is 0.501. The van der Waals surface area contributed by atoms with Crippen LogP contribution < -0.4 is 16.4 Å². The van der Waals surface area contributed by atoms with Gasteiger partial charge in [-0.3, -0.25) is 4.98 Å². The third-order valence-electron chi connectivity index (χ3n) is 4.10. The van der Waals surface area contributed by atoms with Crippen LogP contribution in [-0.4, -0.2) is 19.9 Å². The number of nitrogens with one attached hydrogen (secondary N) is 2. The van der Waals surface area contributed by atoms with Crippen LogP contribution in [0.4, 0.5) is 23.3 Å². The Morgan fingerprint density at radius 2 is 1.89 bits per heavy atom. The molecule has 4 rings (SSSR count). The number of hydrogen-bond donors (Lipinski definition) is 3. The lowest BCUT2D eigenvalue weighted by atomic mass is 10.1. The first kappa shape index (κ1) is 16.7. The van der Waals surface area contributed by atoms with Crippen molar-refractivity contribution in [3.05, 3.63) is 72.2 Å². The van der Waals surface area contributed by atoms with Gasteiger partial charge in [-0.2, -0.15) is 0 Å². The molecule has 0 spiro atoms. The van der Waals surface area contributed by atoms with Crippen LogP contribution >= 0.6 is 0 Å². The molecule has 7 nitrogen and oxygen atoms in total. The van der Waals surface area contributed by atoms with Crippen molar-refractivity contribution >= 4 is 34.2 Å². The number of anilines is 4. The zero-order valence-electron chi connectivity index (χ0n) is 14.8. The molecule has 7 heteroatoms. The molecule has 0 amide bonds. The topological polar surface area (TPSA) is 102 Å². The maximum atomic E-state index is 5.97. The van der Waals surface area contributed by atoms with Gasteiger partial charge in [-0.15, -0.1) is 0 Å². The molecule has 0 aliphatic heterocycles. The lowest BCUT2D eigenvalue weighted by molar-refractivity contribution is 1.09. The van der Waals surface area contributed by atoms with Crippen molar-refractivity contribution in [1.29, 1.82) is 0 Å². The van der Waals surface area contributed by atoms with Crippen molar-refractivity contribution in [3.8, 4) is 0 Å². The van der Waals surface area contributed by atoms with Gasteiger partial charge in [-0.1, -0.05) is 12.1 Å². The number of aromatic nitrogens is 4. The van der Waals surface area contributed by atoms with Gasteiger partial charge >= 0.3 is 0 Å². The number of nitrogens with zero attached hydrogens (tertiary/aromatic N) is 4. The number of pyridine rings is 2. The Bertz CT molecular complexity index is 1090. The van der Waals surface area contributed by atoms with E-state index in [9.17, 15) is 0 Å². The molecule has 0 aliphatic rings. The normalized spacial score (nSPS) is 10.7. The Morgan fingerprint density at radius 3 is 2.78 bits per heavy atom. The summed E-state index contributed by atoms with van der Waals surface area (Å²) in [6.07, 6.45) is 5.13. The van der Waals surface area contributed by atoms with E-state index in [-0.39, 0.29) is 0 Å². The number of aryl methyl sites for hydroxylation is 1. The first-order valence-electron chi connectivity index (χ1n) is 8.57. The predicted octanol–water partition coefficient (Wildman–Crippen LogP) is 3.67. The molecule has 0 saturated carbocycles. The molecule has 3 heterocycles. The summed E-state index contributed by atoms with van der Waals surface area (Å²) in [5.74, 6) is 2.16. The van der Waals surface area contributed by atoms with Crippen molar-refractivity contribution in [2.45, 2.75) is 13.5 Å². The smallest absolute Gasteiger partial charge is 0.171 e. The summed E-state index contributed by atoms with van der Waals surface area (Å²) in [5, 5.41) is 7.49. The van der Waals surface area contributed by atoms with Gasteiger partial charge in [0.25, 0.3) is 0 Å². The van der Waals surface area contributed by atoms with Gasteiger partial charge in [-0.25, -0.2) is 15.0 Å². The Balaban J connectivity index is 1.50. The summed E-state index contributed by atoms with van der Waals surface area (Å²) in [5.41, 5.74) is 9.16. The summed E-state index contributed by atoms with van der Waals surface area (Å²) in [7, 11) is 0. The number of nitrogen functional groups attached to an aromatic ring is 1. The Kier molecular flexibility index (Phi) is 4.49. The van der Waals surface area contributed by atoms with E-state index in [4.69, 9.17) is 5.73 Å². The summed E-state index contributed by atoms with van der Waals surface area (Å²) < 4.78 is 0. The molecule has 27 heavy (non-hydrogen) atoms. The Hall–Kier alpha value is -3.74. The largest absolute Gasteiger partial charge is 0.381 e. The van der Waals surface area contributed by atoms with Gasteiger partial charge in [0, 0.05) is 24.3 Å². The number of rotatable bonds is 5. The van der Waals surface area contributed by atoms with E-state index in [1.165, 1.54) is 0 Å². The Morgan fingerprint density at radius 1 is 0.963 bits per heavy atom. The summed E-state index contributed by atoms with van der Waals surface area (Å²) in [6.45, 7) is 2.59. The number of benzene rings is 1. The van der Waals surface area contributed by atoms with Gasteiger partial charge in [0.05, 0.1) is 11.7 Å². The van der Waals surface area contributed by atoms with E-state index in [0.717, 1.165) is 22.0 Å². The minimum Gasteiger partial charge on any atom is -0.381 e. The van der Waals surface area contributed by atoms with Gasteiger partial charge in [0.1, 0.15) is 5.82 Å². The van der Waals surface area contributed by atoms with Gasteiger partial charge in [0.15, 0.2) is 17.5 Å². The van der Waals surface area contributed by atoms with E-state index in [0.29, 0.717) is 29.8 Å². The molecule has 1 aromatic carbocycles. The van der Waals surface area contributed by atoms with Crippen molar-refractivity contribution in [2.24, 2.45) is 0 Å². The molecule has 4 aromatic rings. The third kappa shape index (κ3) is 3.92. The molecule has 0 radical (unpaired) electrons. The highest BCUT2D eigenvalue weighted by Gasteiger charge is 2.06. The predicted molar refractivity (Wildman–Crippen MR) is 108 cm³/mol. The Labute approximate surface area is 156 Å².